The first-order valence-electron chi connectivity index (χ1n) is 16.0. The Labute approximate surface area is 260 Å². The minimum atomic E-state index is -2.04. The lowest BCUT2D eigenvalue weighted by atomic mass is 9.99. The number of carbonyl (C=O) groups excluding carboxylic acids is 1. The van der Waals surface area contributed by atoms with Gasteiger partial charge in [-0.15, -0.1) is 0 Å². The summed E-state index contributed by atoms with van der Waals surface area (Å²) in [5.74, 6) is 0.155. The van der Waals surface area contributed by atoms with Crippen molar-refractivity contribution in [2.45, 2.75) is 122 Å². The van der Waals surface area contributed by atoms with Crippen LogP contribution in [-0.2, 0) is 4.79 Å². The van der Waals surface area contributed by atoms with Gasteiger partial charge in [0.25, 0.3) is 0 Å². The Bertz CT molecular complexity index is 1270. The van der Waals surface area contributed by atoms with Gasteiger partial charge in [0, 0.05) is 18.0 Å². The van der Waals surface area contributed by atoms with Crippen LogP contribution in [0.2, 0.25) is 0 Å². The number of aromatic nitrogens is 2. The lowest BCUT2D eigenvalue weighted by Gasteiger charge is -2.24. The summed E-state index contributed by atoms with van der Waals surface area (Å²) in [5, 5.41) is 0. The van der Waals surface area contributed by atoms with E-state index < -0.39 is 30.1 Å². The van der Waals surface area contributed by atoms with Gasteiger partial charge in [-0.3, -0.25) is 0 Å². The molecule has 4 atom stereocenters. The molecular weight excluding hydrogens is 565 g/mol. The molecule has 0 aliphatic heterocycles. The largest absolute Gasteiger partial charge is 0.487 e. The molecule has 44 heavy (non-hydrogen) atoms. The molecule has 0 fully saturated rings. The van der Waals surface area contributed by atoms with Crippen LogP contribution in [0.1, 0.15) is 98.3 Å². The average Bonchev–Trinajstić information content (AvgIpc) is 3.02. The minimum Gasteiger partial charge on any atom is -0.487 e. The van der Waals surface area contributed by atoms with E-state index >= 15 is 0 Å². The summed E-state index contributed by atoms with van der Waals surface area (Å²) in [5.41, 5.74) is 0.0357. The van der Waals surface area contributed by atoms with Gasteiger partial charge in [-0.1, -0.05) is 83.1 Å². The highest BCUT2D eigenvalue weighted by Gasteiger charge is 2.34. The van der Waals surface area contributed by atoms with Gasteiger partial charge >= 0.3 is 5.97 Å². The zero-order valence-electron chi connectivity index (χ0n) is 26.5. The quantitative estimate of drug-likeness (QED) is 0.0766. The normalized spacial score (nSPS) is 14.8. The molecule has 240 valence electrons. The highest BCUT2D eigenvalue weighted by molar-refractivity contribution is 5.81. The molecular formula is C36H47F3N2O3. The average molecular weight is 613 g/mol. The van der Waals surface area contributed by atoms with Crippen molar-refractivity contribution < 1.29 is 27.4 Å². The fraction of sp³-hybridized carbons (Fsp3) is 0.528. The van der Waals surface area contributed by atoms with Crippen molar-refractivity contribution in [2.24, 2.45) is 0 Å². The number of ether oxygens (including phenoxy) is 2. The molecule has 1 heterocycles. The lowest BCUT2D eigenvalue weighted by Crippen LogP contribution is -2.34. The van der Waals surface area contributed by atoms with Crippen LogP contribution in [0.25, 0.3) is 22.5 Å². The van der Waals surface area contributed by atoms with E-state index in [1.54, 1.807) is 54.9 Å². The highest BCUT2D eigenvalue weighted by atomic mass is 19.2. The Hall–Kier alpha value is -3.42. The predicted molar refractivity (Wildman–Crippen MR) is 170 cm³/mol. The van der Waals surface area contributed by atoms with Crippen LogP contribution in [0, 0.1) is 0 Å². The summed E-state index contributed by atoms with van der Waals surface area (Å²) < 4.78 is 55.0. The molecule has 3 aromatic rings. The first kappa shape index (κ1) is 35.1. The number of para-hydroxylation sites is 1. The number of benzene rings is 2. The Morgan fingerprint density at radius 1 is 0.841 bits per heavy atom. The summed E-state index contributed by atoms with van der Waals surface area (Å²) >= 11 is 0. The summed E-state index contributed by atoms with van der Waals surface area (Å²) in [7, 11) is 0. The van der Waals surface area contributed by atoms with Gasteiger partial charge in [-0.05, 0) is 69.4 Å². The van der Waals surface area contributed by atoms with Crippen LogP contribution in [-0.4, -0.2) is 40.1 Å². The standard InChI is InChI=1S/C36H47F3N2O3/c1-5-7-9-10-11-15-23-36(4,39)35(42)43-29-21-19-27(20-22-29)28-24-40-34(41-25-28)30-16-13-14-17-31(30)44-32(18-12-8-6-2)33(38)26(3)37/h13-14,16-17,19-22,24-26,32-33H,5-12,15,18,23H2,1-4H3. The van der Waals surface area contributed by atoms with Gasteiger partial charge in [-0.2, -0.15) is 0 Å². The zero-order chi connectivity index (χ0) is 32.0. The molecule has 0 spiro atoms. The molecule has 5 nitrogen and oxygen atoms in total. The molecule has 0 saturated heterocycles. The molecule has 4 unspecified atom stereocenters. The zero-order valence-corrected chi connectivity index (χ0v) is 26.5. The van der Waals surface area contributed by atoms with E-state index in [-0.39, 0.29) is 12.2 Å². The molecule has 3 rings (SSSR count). The van der Waals surface area contributed by atoms with Crippen LogP contribution in [0.4, 0.5) is 13.2 Å². The fourth-order valence-corrected chi connectivity index (χ4v) is 4.98. The molecule has 2 aromatic carbocycles. The molecule has 8 heteroatoms. The number of unbranched alkanes of at least 4 members (excludes halogenated alkanes) is 7. The number of hydrogen-bond acceptors (Lipinski definition) is 5. The van der Waals surface area contributed by atoms with Crippen LogP contribution in [0.5, 0.6) is 11.5 Å². The van der Waals surface area contributed by atoms with Crippen molar-refractivity contribution in [3.05, 3.63) is 60.9 Å². The fourth-order valence-electron chi connectivity index (χ4n) is 4.98. The Morgan fingerprint density at radius 3 is 2.11 bits per heavy atom. The van der Waals surface area contributed by atoms with E-state index in [0.29, 0.717) is 30.0 Å². The summed E-state index contributed by atoms with van der Waals surface area (Å²) in [6.07, 6.45) is 8.21. The van der Waals surface area contributed by atoms with Crippen molar-refractivity contribution in [1.29, 1.82) is 0 Å². The van der Waals surface area contributed by atoms with Gasteiger partial charge in [0.05, 0.1) is 5.56 Å². The van der Waals surface area contributed by atoms with E-state index in [1.165, 1.54) is 20.3 Å². The van der Waals surface area contributed by atoms with Crippen LogP contribution in [0.3, 0.4) is 0 Å². The van der Waals surface area contributed by atoms with Crippen molar-refractivity contribution in [2.75, 3.05) is 0 Å². The van der Waals surface area contributed by atoms with E-state index in [4.69, 9.17) is 9.47 Å². The van der Waals surface area contributed by atoms with Gasteiger partial charge < -0.3 is 9.47 Å². The predicted octanol–water partition coefficient (Wildman–Crippen LogP) is 10.2. The first-order valence-corrected chi connectivity index (χ1v) is 16.0. The van der Waals surface area contributed by atoms with Crippen molar-refractivity contribution >= 4 is 5.97 Å². The number of rotatable bonds is 19. The summed E-state index contributed by atoms with van der Waals surface area (Å²) in [6.45, 7) is 6.69. The molecule has 0 saturated carbocycles. The minimum absolute atomic E-state index is 0.136. The highest BCUT2D eigenvalue weighted by Crippen LogP contribution is 2.32. The molecule has 0 amide bonds. The molecule has 1 aromatic heterocycles. The number of halogens is 3. The summed E-state index contributed by atoms with van der Waals surface area (Å²) in [4.78, 5) is 21.5. The van der Waals surface area contributed by atoms with Crippen molar-refractivity contribution in [3.63, 3.8) is 0 Å². The Kier molecular flexibility index (Phi) is 14.2. The van der Waals surface area contributed by atoms with Gasteiger partial charge in [-0.25, -0.2) is 27.9 Å². The number of esters is 1. The smallest absolute Gasteiger partial charge is 0.348 e. The number of carbonyl (C=O) groups is 1. The molecule has 0 radical (unpaired) electrons. The monoisotopic (exact) mass is 612 g/mol. The van der Waals surface area contributed by atoms with E-state index in [2.05, 4.69) is 23.8 Å². The first-order chi connectivity index (χ1) is 21.2. The third kappa shape index (κ3) is 10.6. The van der Waals surface area contributed by atoms with Crippen LogP contribution >= 0.6 is 0 Å². The molecule has 0 N–H and O–H groups in total. The topological polar surface area (TPSA) is 61.3 Å². The molecule has 0 aliphatic carbocycles. The third-order valence-corrected chi connectivity index (χ3v) is 7.77. The number of hydrogen-bond donors (Lipinski definition) is 0. The summed E-state index contributed by atoms with van der Waals surface area (Å²) in [6, 6.07) is 13.8. The van der Waals surface area contributed by atoms with Crippen LogP contribution < -0.4 is 9.47 Å². The van der Waals surface area contributed by atoms with Crippen molar-refractivity contribution in [3.8, 4) is 34.0 Å². The maximum atomic E-state index is 15.0. The Morgan fingerprint density at radius 2 is 1.45 bits per heavy atom. The lowest BCUT2D eigenvalue weighted by molar-refractivity contribution is -0.147. The third-order valence-electron chi connectivity index (χ3n) is 7.77. The van der Waals surface area contributed by atoms with Crippen LogP contribution in [0.15, 0.2) is 60.9 Å². The second-order valence-corrected chi connectivity index (χ2v) is 11.7. The van der Waals surface area contributed by atoms with Gasteiger partial charge in [0.2, 0.25) is 5.67 Å². The number of nitrogens with zero attached hydrogens (tertiary/aromatic N) is 2. The van der Waals surface area contributed by atoms with Gasteiger partial charge in [0.15, 0.2) is 12.0 Å². The SMILES string of the molecule is CCCCCCCCC(C)(F)C(=O)Oc1ccc(-c2cnc(-c3ccccc3OC(CCCCC)C(F)C(C)F)nc2)cc1. The maximum Gasteiger partial charge on any atom is 0.348 e. The number of alkyl halides is 3. The van der Waals surface area contributed by atoms with E-state index in [0.717, 1.165) is 56.1 Å². The molecule has 0 aliphatic rings. The second kappa shape index (κ2) is 17.8. The van der Waals surface area contributed by atoms with Crippen molar-refractivity contribution in [1.82, 2.24) is 9.97 Å². The maximum absolute atomic E-state index is 15.0. The van der Waals surface area contributed by atoms with Gasteiger partial charge in [0.1, 0.15) is 23.8 Å². The molecule has 0 bridgehead atoms. The second-order valence-electron chi connectivity index (χ2n) is 11.7. The Balaban J connectivity index is 1.65. The van der Waals surface area contributed by atoms with E-state index in [1.807, 2.05) is 6.07 Å². The van der Waals surface area contributed by atoms with E-state index in [9.17, 15) is 18.0 Å².